The van der Waals surface area contributed by atoms with Gasteiger partial charge in [-0.25, -0.2) is 0 Å². The molecule has 0 aliphatic rings. The van der Waals surface area contributed by atoms with Gasteiger partial charge in [-0.2, -0.15) is 0 Å². The lowest BCUT2D eigenvalue weighted by molar-refractivity contribution is 0.548. The van der Waals surface area contributed by atoms with E-state index < -0.39 is 0 Å². The number of rotatable bonds is 5. The molecule has 0 aliphatic heterocycles. The first-order chi connectivity index (χ1) is 8.81. The zero-order valence-corrected chi connectivity index (χ0v) is 11.1. The fourth-order valence-electron chi connectivity index (χ4n) is 2.21. The molecule has 1 unspecified atom stereocenters. The summed E-state index contributed by atoms with van der Waals surface area (Å²) in [5, 5.41) is 3.55. The number of nitrogens with one attached hydrogen (secondary N) is 1. The molecule has 1 heterocycles. The first kappa shape index (κ1) is 12.8. The first-order valence-corrected chi connectivity index (χ1v) is 6.49. The van der Waals surface area contributed by atoms with Gasteiger partial charge in [0.1, 0.15) is 0 Å². The third-order valence-corrected chi connectivity index (χ3v) is 3.24. The monoisotopic (exact) mass is 240 g/mol. The molecule has 0 saturated carbocycles. The van der Waals surface area contributed by atoms with Gasteiger partial charge < -0.3 is 5.32 Å². The lowest BCUT2D eigenvalue weighted by Crippen LogP contribution is -2.23. The topological polar surface area (TPSA) is 24.9 Å². The quantitative estimate of drug-likeness (QED) is 0.867. The highest BCUT2D eigenvalue weighted by molar-refractivity contribution is 5.28. The Morgan fingerprint density at radius 1 is 1.11 bits per heavy atom. The average molecular weight is 240 g/mol. The second-order valence-corrected chi connectivity index (χ2v) is 4.52. The van der Waals surface area contributed by atoms with Crippen LogP contribution in [-0.4, -0.2) is 11.5 Å². The van der Waals surface area contributed by atoms with Crippen molar-refractivity contribution in [3.63, 3.8) is 0 Å². The second-order valence-electron chi connectivity index (χ2n) is 4.52. The van der Waals surface area contributed by atoms with E-state index in [4.69, 9.17) is 0 Å². The van der Waals surface area contributed by atoms with Crippen LogP contribution in [0.3, 0.4) is 0 Å². The lowest BCUT2D eigenvalue weighted by atomic mass is 9.97. The number of aromatic nitrogens is 1. The molecule has 18 heavy (non-hydrogen) atoms. The van der Waals surface area contributed by atoms with Crippen LogP contribution in [0.2, 0.25) is 0 Å². The van der Waals surface area contributed by atoms with Crippen molar-refractivity contribution in [1.29, 1.82) is 0 Å². The van der Waals surface area contributed by atoms with Crippen LogP contribution in [0.1, 0.15) is 29.7 Å². The van der Waals surface area contributed by atoms with E-state index >= 15 is 0 Å². The minimum atomic E-state index is 0.360. The van der Waals surface area contributed by atoms with Crippen LogP contribution in [-0.2, 0) is 6.42 Å². The summed E-state index contributed by atoms with van der Waals surface area (Å²) in [6.45, 7) is 5.29. The van der Waals surface area contributed by atoms with Crippen LogP contribution < -0.4 is 5.32 Å². The Hall–Kier alpha value is -1.67. The molecule has 0 amide bonds. The van der Waals surface area contributed by atoms with Crippen LogP contribution in [0.15, 0.2) is 48.8 Å². The van der Waals surface area contributed by atoms with Crippen molar-refractivity contribution in [2.75, 3.05) is 6.54 Å². The molecule has 2 nitrogen and oxygen atoms in total. The number of nitrogens with zero attached hydrogens (tertiary/aromatic N) is 1. The maximum Gasteiger partial charge on any atom is 0.0361 e. The average Bonchev–Trinajstić information content (AvgIpc) is 2.42. The highest BCUT2D eigenvalue weighted by Crippen LogP contribution is 2.19. The second kappa shape index (κ2) is 6.31. The summed E-state index contributed by atoms with van der Waals surface area (Å²) in [7, 11) is 0. The Labute approximate surface area is 109 Å². The Kier molecular flexibility index (Phi) is 4.48. The van der Waals surface area contributed by atoms with E-state index in [-0.39, 0.29) is 0 Å². The molecule has 0 saturated heterocycles. The number of benzene rings is 1. The minimum absolute atomic E-state index is 0.360. The van der Waals surface area contributed by atoms with Crippen molar-refractivity contribution >= 4 is 0 Å². The van der Waals surface area contributed by atoms with Gasteiger partial charge >= 0.3 is 0 Å². The van der Waals surface area contributed by atoms with E-state index in [2.05, 4.69) is 60.5 Å². The highest BCUT2D eigenvalue weighted by atomic mass is 14.9. The molecule has 1 aromatic heterocycles. The van der Waals surface area contributed by atoms with Gasteiger partial charge in [-0.05, 0) is 48.7 Å². The molecule has 0 spiro atoms. The standard InChI is InChI=1S/C16H20N2/c1-3-18-16(14-8-10-17-11-9-14)12-15-7-5-4-6-13(15)2/h4-11,16,18H,3,12H2,1-2H3. The summed E-state index contributed by atoms with van der Waals surface area (Å²) in [6.07, 6.45) is 4.74. The molecular formula is C16H20N2. The van der Waals surface area contributed by atoms with Gasteiger partial charge in [0.15, 0.2) is 0 Å². The van der Waals surface area contributed by atoms with E-state index in [9.17, 15) is 0 Å². The Morgan fingerprint density at radius 2 is 1.83 bits per heavy atom. The molecule has 1 aromatic carbocycles. The number of hydrogen-bond acceptors (Lipinski definition) is 2. The molecule has 0 radical (unpaired) electrons. The SMILES string of the molecule is CCNC(Cc1ccccc1C)c1ccncc1. The van der Waals surface area contributed by atoms with Gasteiger partial charge in [-0.15, -0.1) is 0 Å². The first-order valence-electron chi connectivity index (χ1n) is 6.49. The van der Waals surface area contributed by atoms with Crippen molar-refractivity contribution < 1.29 is 0 Å². The molecule has 1 atom stereocenters. The highest BCUT2D eigenvalue weighted by Gasteiger charge is 2.11. The van der Waals surface area contributed by atoms with Crippen LogP contribution in [0.4, 0.5) is 0 Å². The maximum absolute atomic E-state index is 4.08. The van der Waals surface area contributed by atoms with E-state index in [1.54, 1.807) is 0 Å². The van der Waals surface area contributed by atoms with Crippen LogP contribution in [0.25, 0.3) is 0 Å². The molecule has 1 N–H and O–H groups in total. The van der Waals surface area contributed by atoms with E-state index in [1.165, 1.54) is 16.7 Å². The normalized spacial score (nSPS) is 12.3. The maximum atomic E-state index is 4.08. The lowest BCUT2D eigenvalue weighted by Gasteiger charge is -2.19. The van der Waals surface area contributed by atoms with Crippen LogP contribution >= 0.6 is 0 Å². The molecule has 0 bridgehead atoms. The van der Waals surface area contributed by atoms with Gasteiger partial charge in [0, 0.05) is 18.4 Å². The summed E-state index contributed by atoms with van der Waals surface area (Å²) in [6, 6.07) is 13.1. The van der Waals surface area contributed by atoms with Crippen LogP contribution in [0, 0.1) is 6.92 Å². The zero-order chi connectivity index (χ0) is 12.8. The van der Waals surface area contributed by atoms with Gasteiger partial charge in [-0.3, -0.25) is 4.98 Å². The predicted octanol–water partition coefficient (Wildman–Crippen LogP) is 3.28. The molecule has 0 fully saturated rings. The van der Waals surface area contributed by atoms with E-state index in [0.29, 0.717) is 6.04 Å². The van der Waals surface area contributed by atoms with Crippen molar-refractivity contribution in [3.05, 3.63) is 65.5 Å². The minimum Gasteiger partial charge on any atom is -0.310 e. The summed E-state index contributed by atoms with van der Waals surface area (Å²) in [5.41, 5.74) is 4.06. The summed E-state index contributed by atoms with van der Waals surface area (Å²) >= 11 is 0. The predicted molar refractivity (Wildman–Crippen MR) is 75.5 cm³/mol. The van der Waals surface area contributed by atoms with Crippen molar-refractivity contribution in [3.8, 4) is 0 Å². The summed E-state index contributed by atoms with van der Waals surface area (Å²) < 4.78 is 0. The Bertz CT molecular complexity index is 479. The Balaban J connectivity index is 2.19. The van der Waals surface area contributed by atoms with Gasteiger partial charge in [0.2, 0.25) is 0 Å². The van der Waals surface area contributed by atoms with E-state index in [0.717, 1.165) is 13.0 Å². The number of pyridine rings is 1. The summed E-state index contributed by atoms with van der Waals surface area (Å²) in [4.78, 5) is 4.08. The molecular weight excluding hydrogens is 220 g/mol. The fraction of sp³-hybridized carbons (Fsp3) is 0.312. The fourth-order valence-corrected chi connectivity index (χ4v) is 2.21. The molecule has 2 heteroatoms. The van der Waals surface area contributed by atoms with Gasteiger partial charge in [-0.1, -0.05) is 31.2 Å². The summed E-state index contributed by atoms with van der Waals surface area (Å²) in [5.74, 6) is 0. The van der Waals surface area contributed by atoms with Crippen molar-refractivity contribution in [2.45, 2.75) is 26.3 Å². The van der Waals surface area contributed by atoms with E-state index in [1.807, 2.05) is 12.4 Å². The Morgan fingerprint density at radius 3 is 2.50 bits per heavy atom. The molecule has 94 valence electrons. The third kappa shape index (κ3) is 3.17. The van der Waals surface area contributed by atoms with Gasteiger partial charge in [0.25, 0.3) is 0 Å². The molecule has 2 aromatic rings. The van der Waals surface area contributed by atoms with Crippen molar-refractivity contribution in [1.82, 2.24) is 10.3 Å². The molecule has 2 rings (SSSR count). The van der Waals surface area contributed by atoms with Crippen molar-refractivity contribution in [2.24, 2.45) is 0 Å². The number of aryl methyl sites for hydroxylation is 1. The number of likely N-dealkylation sites (N-methyl/N-ethyl adjacent to an activating group) is 1. The molecule has 0 aliphatic carbocycles. The van der Waals surface area contributed by atoms with Crippen LogP contribution in [0.5, 0.6) is 0 Å². The zero-order valence-electron chi connectivity index (χ0n) is 11.1. The largest absolute Gasteiger partial charge is 0.310 e. The third-order valence-electron chi connectivity index (χ3n) is 3.24. The smallest absolute Gasteiger partial charge is 0.0361 e. The number of hydrogen-bond donors (Lipinski definition) is 1. The van der Waals surface area contributed by atoms with Gasteiger partial charge in [0.05, 0.1) is 0 Å².